The summed E-state index contributed by atoms with van der Waals surface area (Å²) in [5.74, 6) is 0.0502. The fourth-order valence-corrected chi connectivity index (χ4v) is 3.34. The molecule has 9 heteroatoms. The second-order valence-electron chi connectivity index (χ2n) is 6.40. The highest BCUT2D eigenvalue weighted by molar-refractivity contribution is 9.10. The van der Waals surface area contributed by atoms with Gasteiger partial charge in [-0.1, -0.05) is 48.5 Å². The third-order valence-corrected chi connectivity index (χ3v) is 5.05. The number of para-hydroxylation sites is 1. The molecule has 0 fully saturated rings. The maximum Gasteiger partial charge on any atom is 0.305 e. The highest BCUT2D eigenvalue weighted by Crippen LogP contribution is 2.28. The molecule has 4 rings (SSSR count). The number of hydrogen-bond donors (Lipinski definition) is 3. The number of benzene rings is 2. The van der Waals surface area contributed by atoms with Gasteiger partial charge >= 0.3 is 5.91 Å². The zero-order valence-corrected chi connectivity index (χ0v) is 17.7. The predicted octanol–water partition coefficient (Wildman–Crippen LogP) is 4.09. The number of furan rings is 1. The molecule has 3 N–H and O–H groups in total. The lowest BCUT2D eigenvalue weighted by atomic mass is 10.1. The van der Waals surface area contributed by atoms with Crippen LogP contribution in [0.3, 0.4) is 0 Å². The van der Waals surface area contributed by atoms with E-state index in [0.717, 1.165) is 5.56 Å². The number of rotatable bonds is 6. The van der Waals surface area contributed by atoms with E-state index in [1.807, 2.05) is 60.7 Å². The SMILES string of the molecule is O=C(NNC(=O)c1[nH]nc(-c2ccccc2)c1Br)c1ccc(COc2ccccc2)o1. The van der Waals surface area contributed by atoms with Gasteiger partial charge in [0.1, 0.15) is 29.5 Å². The molecule has 2 aromatic heterocycles. The smallest absolute Gasteiger partial charge is 0.305 e. The first-order valence-corrected chi connectivity index (χ1v) is 10.1. The molecule has 0 unspecified atom stereocenters. The predicted molar refractivity (Wildman–Crippen MR) is 116 cm³/mol. The molecular weight excluding hydrogens is 464 g/mol. The molecule has 0 saturated carbocycles. The zero-order valence-electron chi connectivity index (χ0n) is 16.1. The van der Waals surface area contributed by atoms with Gasteiger partial charge in [-0.2, -0.15) is 5.10 Å². The average Bonchev–Trinajstić information content (AvgIpc) is 3.44. The van der Waals surface area contributed by atoms with E-state index in [9.17, 15) is 9.59 Å². The largest absolute Gasteiger partial charge is 0.486 e. The lowest BCUT2D eigenvalue weighted by Crippen LogP contribution is -2.41. The van der Waals surface area contributed by atoms with Crippen molar-refractivity contribution in [1.82, 2.24) is 21.0 Å². The first kappa shape index (κ1) is 20.4. The highest BCUT2D eigenvalue weighted by atomic mass is 79.9. The Labute approximate surface area is 185 Å². The fraction of sp³-hybridized carbons (Fsp3) is 0.0455. The topological polar surface area (TPSA) is 109 Å². The van der Waals surface area contributed by atoms with Crippen LogP contribution in [0.25, 0.3) is 11.3 Å². The first-order chi connectivity index (χ1) is 15.1. The maximum atomic E-state index is 12.4. The van der Waals surface area contributed by atoms with E-state index in [1.54, 1.807) is 6.07 Å². The van der Waals surface area contributed by atoms with Crippen molar-refractivity contribution in [1.29, 1.82) is 0 Å². The van der Waals surface area contributed by atoms with Gasteiger partial charge in [-0.25, -0.2) is 0 Å². The summed E-state index contributed by atoms with van der Waals surface area (Å²) in [6, 6.07) is 21.8. The van der Waals surface area contributed by atoms with Crippen LogP contribution in [0.5, 0.6) is 5.75 Å². The standard InChI is InChI=1S/C22H17BrN4O4/c23-18-19(14-7-3-1-4-8-14)24-25-20(18)22(29)27-26-21(28)17-12-11-16(31-17)13-30-15-9-5-2-6-10-15/h1-12H,13H2,(H,24,25)(H,26,28)(H,27,29). The molecule has 2 heterocycles. The summed E-state index contributed by atoms with van der Waals surface area (Å²) in [7, 11) is 0. The van der Waals surface area contributed by atoms with Crippen LogP contribution in [0.15, 0.2) is 81.7 Å². The van der Waals surface area contributed by atoms with Crippen LogP contribution in [-0.2, 0) is 6.61 Å². The zero-order chi connectivity index (χ0) is 21.6. The van der Waals surface area contributed by atoms with E-state index < -0.39 is 11.8 Å². The molecule has 0 aliphatic rings. The molecule has 0 spiro atoms. The molecule has 0 atom stereocenters. The van der Waals surface area contributed by atoms with E-state index in [1.165, 1.54) is 6.07 Å². The average molecular weight is 481 g/mol. The monoisotopic (exact) mass is 480 g/mol. The molecule has 2 amide bonds. The van der Waals surface area contributed by atoms with Crippen molar-refractivity contribution in [3.63, 3.8) is 0 Å². The number of amides is 2. The molecule has 31 heavy (non-hydrogen) atoms. The summed E-state index contributed by atoms with van der Waals surface area (Å²) in [4.78, 5) is 24.7. The van der Waals surface area contributed by atoms with Gasteiger partial charge in [0.2, 0.25) is 0 Å². The van der Waals surface area contributed by atoms with E-state index >= 15 is 0 Å². The van der Waals surface area contributed by atoms with Crippen LogP contribution in [0.4, 0.5) is 0 Å². The Hall–Kier alpha value is -3.85. The number of H-pyrrole nitrogens is 1. The number of aromatic nitrogens is 2. The summed E-state index contributed by atoms with van der Waals surface area (Å²) >= 11 is 3.38. The van der Waals surface area contributed by atoms with Gasteiger partial charge in [-0.15, -0.1) is 0 Å². The van der Waals surface area contributed by atoms with Crippen molar-refractivity contribution < 1.29 is 18.7 Å². The molecular formula is C22H17BrN4O4. The first-order valence-electron chi connectivity index (χ1n) is 9.28. The number of hydrogen-bond acceptors (Lipinski definition) is 5. The normalized spacial score (nSPS) is 10.5. The van der Waals surface area contributed by atoms with Crippen molar-refractivity contribution in [2.45, 2.75) is 6.61 Å². The molecule has 0 radical (unpaired) electrons. The van der Waals surface area contributed by atoms with Gasteiger partial charge < -0.3 is 9.15 Å². The minimum atomic E-state index is -0.599. The van der Waals surface area contributed by atoms with Crippen molar-refractivity contribution >= 4 is 27.7 Å². The summed E-state index contributed by atoms with van der Waals surface area (Å²) in [6.45, 7) is 0.174. The van der Waals surface area contributed by atoms with Crippen LogP contribution in [-0.4, -0.2) is 22.0 Å². The third-order valence-electron chi connectivity index (χ3n) is 4.28. The van der Waals surface area contributed by atoms with E-state index in [4.69, 9.17) is 9.15 Å². The number of carbonyl (C=O) groups excluding carboxylic acids is 2. The van der Waals surface area contributed by atoms with E-state index in [2.05, 4.69) is 37.0 Å². The number of aromatic amines is 1. The quantitative estimate of drug-likeness (QED) is 0.360. The fourth-order valence-electron chi connectivity index (χ4n) is 2.75. The molecule has 0 saturated heterocycles. The number of hydrazine groups is 1. The lowest BCUT2D eigenvalue weighted by molar-refractivity contribution is 0.0825. The Kier molecular flexibility index (Phi) is 6.13. The number of nitrogens with one attached hydrogen (secondary N) is 3. The van der Waals surface area contributed by atoms with Gasteiger partial charge in [0.15, 0.2) is 5.76 Å². The van der Waals surface area contributed by atoms with E-state index in [0.29, 0.717) is 21.7 Å². The lowest BCUT2D eigenvalue weighted by Gasteiger charge is -2.05. The second kappa shape index (κ2) is 9.31. The Morgan fingerprint density at radius 3 is 2.35 bits per heavy atom. The van der Waals surface area contributed by atoms with Crippen molar-refractivity contribution in [2.24, 2.45) is 0 Å². The van der Waals surface area contributed by atoms with Crippen molar-refractivity contribution in [3.05, 3.63) is 94.5 Å². The van der Waals surface area contributed by atoms with Gasteiger partial charge in [0.25, 0.3) is 5.91 Å². The Balaban J connectivity index is 1.33. The Bertz CT molecular complexity index is 1190. The summed E-state index contributed by atoms with van der Waals surface area (Å²) in [5.41, 5.74) is 6.27. The van der Waals surface area contributed by atoms with Gasteiger partial charge in [-0.05, 0) is 40.2 Å². The van der Waals surface area contributed by atoms with Crippen molar-refractivity contribution in [2.75, 3.05) is 0 Å². The van der Waals surface area contributed by atoms with Crippen LogP contribution >= 0.6 is 15.9 Å². The van der Waals surface area contributed by atoms with Crippen LogP contribution in [0, 0.1) is 0 Å². The van der Waals surface area contributed by atoms with E-state index in [-0.39, 0.29) is 18.1 Å². The van der Waals surface area contributed by atoms with Gasteiger partial charge in [0.05, 0.1) is 4.47 Å². The van der Waals surface area contributed by atoms with Crippen LogP contribution in [0.2, 0.25) is 0 Å². The van der Waals surface area contributed by atoms with Crippen molar-refractivity contribution in [3.8, 4) is 17.0 Å². The molecule has 2 aromatic carbocycles. The van der Waals surface area contributed by atoms with Gasteiger partial charge in [0, 0.05) is 5.56 Å². The summed E-state index contributed by atoms with van der Waals surface area (Å²) in [6.07, 6.45) is 0. The summed E-state index contributed by atoms with van der Waals surface area (Å²) in [5, 5.41) is 6.84. The highest BCUT2D eigenvalue weighted by Gasteiger charge is 2.19. The molecule has 4 aromatic rings. The Morgan fingerprint density at radius 1 is 0.935 bits per heavy atom. The van der Waals surface area contributed by atoms with Gasteiger partial charge in [-0.3, -0.25) is 25.5 Å². The maximum absolute atomic E-state index is 12.4. The van der Waals surface area contributed by atoms with Crippen LogP contribution < -0.4 is 15.6 Å². The molecule has 8 nitrogen and oxygen atoms in total. The van der Waals surface area contributed by atoms with Crippen LogP contribution in [0.1, 0.15) is 26.8 Å². The molecule has 0 bridgehead atoms. The number of nitrogens with zero attached hydrogens (tertiary/aromatic N) is 1. The molecule has 0 aliphatic heterocycles. The minimum absolute atomic E-state index is 0.0422. The number of halogens is 1. The minimum Gasteiger partial charge on any atom is -0.486 e. The third kappa shape index (κ3) is 4.84. The molecule has 0 aliphatic carbocycles. The second-order valence-corrected chi connectivity index (χ2v) is 7.20. The molecule has 156 valence electrons. The Morgan fingerprint density at radius 2 is 1.61 bits per heavy atom. The number of carbonyl (C=O) groups is 2. The number of ether oxygens (including phenoxy) is 1. The summed E-state index contributed by atoms with van der Waals surface area (Å²) < 4.78 is 11.5.